The normalized spacial score (nSPS) is 11.0. The first-order valence-corrected chi connectivity index (χ1v) is 7.08. The molecule has 3 N–H and O–H groups in total. The lowest BCUT2D eigenvalue weighted by Crippen LogP contribution is -2.22. The van der Waals surface area contributed by atoms with Gasteiger partial charge in [-0.3, -0.25) is 0 Å². The van der Waals surface area contributed by atoms with Crippen molar-refractivity contribution in [2.45, 2.75) is 6.54 Å². The third kappa shape index (κ3) is 4.29. The zero-order valence-electron chi connectivity index (χ0n) is 13.5. The van der Waals surface area contributed by atoms with Gasteiger partial charge in [-0.2, -0.15) is 0 Å². The van der Waals surface area contributed by atoms with Crippen LogP contribution in [0.2, 0.25) is 0 Å². The molecule has 2 rings (SSSR count). The van der Waals surface area contributed by atoms with Gasteiger partial charge in [0.2, 0.25) is 0 Å². The number of para-hydroxylation sites is 1. The van der Waals surface area contributed by atoms with Crippen LogP contribution in [-0.2, 0) is 6.54 Å². The summed E-state index contributed by atoms with van der Waals surface area (Å²) in [7, 11) is 4.76. The number of nitrogens with zero attached hydrogens (tertiary/aromatic N) is 1. The number of ether oxygens (including phenoxy) is 3. The maximum atomic E-state index is 5.91. The van der Waals surface area contributed by atoms with E-state index in [1.807, 2.05) is 36.4 Å². The van der Waals surface area contributed by atoms with Gasteiger partial charge in [0, 0.05) is 17.3 Å². The Morgan fingerprint density at radius 2 is 1.57 bits per heavy atom. The van der Waals surface area contributed by atoms with Gasteiger partial charge >= 0.3 is 0 Å². The SMILES string of the molecule is COc1cc(OC)c(OC)cc1CN=C(N)Nc1ccccc1. The fourth-order valence-electron chi connectivity index (χ4n) is 2.10. The topological polar surface area (TPSA) is 78.1 Å². The molecule has 0 atom stereocenters. The molecule has 0 unspecified atom stereocenters. The number of nitrogens with one attached hydrogen (secondary N) is 1. The summed E-state index contributed by atoms with van der Waals surface area (Å²) in [5.41, 5.74) is 7.65. The Bertz CT molecular complexity index is 672. The number of hydrogen-bond acceptors (Lipinski definition) is 4. The quantitative estimate of drug-likeness (QED) is 0.633. The lowest BCUT2D eigenvalue weighted by molar-refractivity contribution is 0.347. The van der Waals surface area contributed by atoms with Gasteiger partial charge in [-0.05, 0) is 18.2 Å². The molecular weight excluding hydrogens is 294 g/mol. The average molecular weight is 315 g/mol. The molecule has 0 spiro atoms. The van der Waals surface area contributed by atoms with Crippen LogP contribution >= 0.6 is 0 Å². The molecule has 0 radical (unpaired) electrons. The van der Waals surface area contributed by atoms with E-state index in [-0.39, 0.29) is 0 Å². The minimum atomic E-state index is 0.327. The Labute approximate surface area is 135 Å². The van der Waals surface area contributed by atoms with Gasteiger partial charge < -0.3 is 25.3 Å². The van der Waals surface area contributed by atoms with Crippen molar-refractivity contribution in [2.24, 2.45) is 10.7 Å². The van der Waals surface area contributed by atoms with Gasteiger partial charge in [0.15, 0.2) is 17.5 Å². The van der Waals surface area contributed by atoms with Crippen LogP contribution in [0.15, 0.2) is 47.5 Å². The minimum Gasteiger partial charge on any atom is -0.496 e. The smallest absolute Gasteiger partial charge is 0.193 e. The summed E-state index contributed by atoms with van der Waals surface area (Å²) in [5, 5.41) is 3.03. The molecule has 0 aromatic heterocycles. The van der Waals surface area contributed by atoms with E-state index in [4.69, 9.17) is 19.9 Å². The Balaban J connectivity index is 2.16. The lowest BCUT2D eigenvalue weighted by atomic mass is 10.1. The lowest BCUT2D eigenvalue weighted by Gasteiger charge is -2.13. The number of methoxy groups -OCH3 is 3. The van der Waals surface area contributed by atoms with Crippen LogP contribution in [0.25, 0.3) is 0 Å². The average Bonchev–Trinajstić information content (AvgIpc) is 2.59. The fourth-order valence-corrected chi connectivity index (χ4v) is 2.10. The summed E-state index contributed by atoms with van der Waals surface area (Å²) in [6.45, 7) is 0.356. The maximum absolute atomic E-state index is 5.91. The summed E-state index contributed by atoms with van der Waals surface area (Å²) in [4.78, 5) is 4.34. The van der Waals surface area contributed by atoms with Crippen LogP contribution in [0.3, 0.4) is 0 Å². The number of rotatable bonds is 6. The number of aliphatic imine (C=N–C) groups is 1. The first kappa shape index (κ1) is 16.5. The summed E-state index contributed by atoms with van der Waals surface area (Å²) in [6, 6.07) is 13.2. The van der Waals surface area contributed by atoms with Crippen molar-refractivity contribution in [3.8, 4) is 17.2 Å². The van der Waals surface area contributed by atoms with Crippen molar-refractivity contribution in [2.75, 3.05) is 26.6 Å². The monoisotopic (exact) mass is 315 g/mol. The predicted octanol–water partition coefficient (Wildman–Crippen LogP) is 2.64. The summed E-state index contributed by atoms with van der Waals surface area (Å²) in [6.07, 6.45) is 0. The molecule has 2 aromatic rings. The van der Waals surface area contributed by atoms with Crippen LogP contribution in [0.1, 0.15) is 5.56 Å². The first-order valence-electron chi connectivity index (χ1n) is 7.08. The van der Waals surface area contributed by atoms with E-state index in [9.17, 15) is 0 Å². The van der Waals surface area contributed by atoms with E-state index >= 15 is 0 Å². The van der Waals surface area contributed by atoms with Crippen LogP contribution in [-0.4, -0.2) is 27.3 Å². The van der Waals surface area contributed by atoms with E-state index in [0.29, 0.717) is 29.8 Å². The van der Waals surface area contributed by atoms with Gasteiger partial charge in [0.1, 0.15) is 5.75 Å². The van der Waals surface area contributed by atoms with Crippen molar-refractivity contribution in [3.63, 3.8) is 0 Å². The highest BCUT2D eigenvalue weighted by atomic mass is 16.5. The first-order chi connectivity index (χ1) is 11.2. The summed E-state index contributed by atoms with van der Waals surface area (Å²) >= 11 is 0. The van der Waals surface area contributed by atoms with E-state index in [1.165, 1.54) is 0 Å². The van der Waals surface area contributed by atoms with Gasteiger partial charge in [-0.1, -0.05) is 18.2 Å². The van der Waals surface area contributed by atoms with Gasteiger partial charge in [0.05, 0.1) is 27.9 Å². The molecule has 6 heteroatoms. The fraction of sp³-hybridized carbons (Fsp3) is 0.235. The molecule has 0 saturated heterocycles. The third-order valence-corrected chi connectivity index (χ3v) is 3.25. The standard InChI is InChI=1S/C17H21N3O3/c1-21-14-10-16(23-3)15(22-2)9-12(14)11-19-17(18)20-13-7-5-4-6-8-13/h4-10H,11H2,1-3H3,(H3,18,19,20). The van der Waals surface area contributed by atoms with Crippen molar-refractivity contribution in [1.82, 2.24) is 0 Å². The second-order valence-corrected chi connectivity index (χ2v) is 4.71. The second kappa shape index (κ2) is 7.93. The molecule has 0 fully saturated rings. The molecule has 0 bridgehead atoms. The molecule has 0 saturated carbocycles. The van der Waals surface area contributed by atoms with Crippen molar-refractivity contribution >= 4 is 11.6 Å². The predicted molar refractivity (Wildman–Crippen MR) is 91.5 cm³/mol. The second-order valence-electron chi connectivity index (χ2n) is 4.71. The van der Waals surface area contributed by atoms with E-state index in [0.717, 1.165) is 11.3 Å². The Morgan fingerprint density at radius 1 is 0.957 bits per heavy atom. The number of hydrogen-bond donors (Lipinski definition) is 2. The Kier molecular flexibility index (Phi) is 5.68. The molecule has 0 amide bonds. The minimum absolute atomic E-state index is 0.327. The zero-order valence-corrected chi connectivity index (χ0v) is 13.5. The molecule has 6 nitrogen and oxygen atoms in total. The summed E-state index contributed by atoms with van der Waals surface area (Å²) < 4.78 is 15.9. The van der Waals surface area contributed by atoms with Crippen molar-refractivity contribution in [1.29, 1.82) is 0 Å². The largest absolute Gasteiger partial charge is 0.496 e. The molecule has 0 aliphatic heterocycles. The number of anilines is 1. The Hall–Kier alpha value is -2.89. The molecule has 122 valence electrons. The number of guanidine groups is 1. The molecule has 23 heavy (non-hydrogen) atoms. The van der Waals surface area contributed by atoms with Gasteiger partial charge in [0.25, 0.3) is 0 Å². The maximum Gasteiger partial charge on any atom is 0.193 e. The third-order valence-electron chi connectivity index (χ3n) is 3.25. The highest BCUT2D eigenvalue weighted by Crippen LogP contribution is 2.34. The summed E-state index contributed by atoms with van der Waals surface area (Å²) in [5.74, 6) is 2.22. The molecular formula is C17H21N3O3. The van der Waals surface area contributed by atoms with E-state index in [1.54, 1.807) is 27.4 Å². The van der Waals surface area contributed by atoms with Gasteiger partial charge in [-0.15, -0.1) is 0 Å². The van der Waals surface area contributed by atoms with Crippen LogP contribution < -0.4 is 25.3 Å². The number of benzene rings is 2. The van der Waals surface area contributed by atoms with E-state index < -0.39 is 0 Å². The molecule has 2 aromatic carbocycles. The molecule has 0 aliphatic carbocycles. The van der Waals surface area contributed by atoms with Crippen LogP contribution in [0.4, 0.5) is 5.69 Å². The van der Waals surface area contributed by atoms with Gasteiger partial charge in [-0.25, -0.2) is 4.99 Å². The van der Waals surface area contributed by atoms with Crippen LogP contribution in [0.5, 0.6) is 17.2 Å². The number of nitrogens with two attached hydrogens (primary N) is 1. The van der Waals surface area contributed by atoms with E-state index in [2.05, 4.69) is 10.3 Å². The zero-order chi connectivity index (χ0) is 16.7. The highest BCUT2D eigenvalue weighted by molar-refractivity contribution is 5.92. The molecule has 0 heterocycles. The Morgan fingerprint density at radius 3 is 2.17 bits per heavy atom. The molecule has 0 aliphatic rings. The van der Waals surface area contributed by atoms with Crippen molar-refractivity contribution in [3.05, 3.63) is 48.0 Å². The van der Waals surface area contributed by atoms with Crippen molar-refractivity contribution < 1.29 is 14.2 Å². The highest BCUT2D eigenvalue weighted by Gasteiger charge is 2.11. The van der Waals surface area contributed by atoms with Crippen LogP contribution in [0, 0.1) is 0 Å².